The standard InChI is InChI=1S/C17H15N3OS2/c21-17(19-9-14-3-1-2-8-18-14)13-4-6-16(7-5-13)23-11-15-10-22-12-20-15/h1-8,10,12H,9,11H2,(H,19,21). The lowest BCUT2D eigenvalue weighted by Gasteiger charge is -2.06. The number of carbonyl (C=O) groups excluding carboxylic acids is 1. The summed E-state index contributed by atoms with van der Waals surface area (Å²) in [5.41, 5.74) is 4.41. The van der Waals surface area contributed by atoms with Gasteiger partial charge in [0, 0.05) is 27.8 Å². The number of thiazole rings is 1. The first-order chi connectivity index (χ1) is 11.3. The molecule has 0 bridgehead atoms. The fraction of sp³-hybridized carbons (Fsp3) is 0.118. The van der Waals surface area contributed by atoms with Crippen LogP contribution < -0.4 is 5.32 Å². The van der Waals surface area contributed by atoms with E-state index in [2.05, 4.69) is 15.3 Å². The van der Waals surface area contributed by atoms with Gasteiger partial charge in [-0.15, -0.1) is 23.1 Å². The Morgan fingerprint density at radius 3 is 2.65 bits per heavy atom. The molecule has 0 aliphatic rings. The van der Waals surface area contributed by atoms with Crippen molar-refractivity contribution in [3.63, 3.8) is 0 Å². The Labute approximate surface area is 143 Å². The second-order valence-electron chi connectivity index (χ2n) is 4.80. The molecule has 6 heteroatoms. The third-order valence-corrected chi connectivity index (χ3v) is 4.82. The van der Waals surface area contributed by atoms with Gasteiger partial charge in [0.2, 0.25) is 0 Å². The van der Waals surface area contributed by atoms with Crippen LogP contribution in [0.4, 0.5) is 0 Å². The van der Waals surface area contributed by atoms with E-state index in [1.807, 2.05) is 53.4 Å². The minimum Gasteiger partial charge on any atom is -0.346 e. The molecular formula is C17H15N3OS2. The van der Waals surface area contributed by atoms with Crippen LogP contribution in [-0.4, -0.2) is 15.9 Å². The highest BCUT2D eigenvalue weighted by molar-refractivity contribution is 7.98. The third kappa shape index (κ3) is 4.64. The molecule has 3 aromatic rings. The van der Waals surface area contributed by atoms with Gasteiger partial charge in [-0.1, -0.05) is 6.07 Å². The summed E-state index contributed by atoms with van der Waals surface area (Å²) in [6, 6.07) is 13.3. The summed E-state index contributed by atoms with van der Waals surface area (Å²) in [4.78, 5) is 21.7. The fourth-order valence-electron chi connectivity index (χ4n) is 1.94. The predicted octanol–water partition coefficient (Wildman–Crippen LogP) is 3.76. The van der Waals surface area contributed by atoms with Crippen molar-refractivity contribution in [1.82, 2.24) is 15.3 Å². The summed E-state index contributed by atoms with van der Waals surface area (Å²) >= 11 is 3.31. The zero-order chi connectivity index (χ0) is 15.9. The van der Waals surface area contributed by atoms with E-state index in [0.717, 1.165) is 22.0 Å². The number of aromatic nitrogens is 2. The SMILES string of the molecule is O=C(NCc1ccccn1)c1ccc(SCc2cscn2)cc1. The van der Waals surface area contributed by atoms with E-state index in [9.17, 15) is 4.79 Å². The topological polar surface area (TPSA) is 54.9 Å². The molecule has 1 amide bonds. The van der Waals surface area contributed by atoms with Crippen LogP contribution in [-0.2, 0) is 12.3 Å². The van der Waals surface area contributed by atoms with E-state index in [0.29, 0.717) is 12.1 Å². The van der Waals surface area contributed by atoms with Gasteiger partial charge >= 0.3 is 0 Å². The number of nitrogens with one attached hydrogen (secondary N) is 1. The van der Waals surface area contributed by atoms with Crippen LogP contribution in [0.3, 0.4) is 0 Å². The van der Waals surface area contributed by atoms with Gasteiger partial charge in [0.05, 0.1) is 23.4 Å². The number of nitrogens with zero attached hydrogens (tertiary/aromatic N) is 2. The van der Waals surface area contributed by atoms with Crippen molar-refractivity contribution in [2.75, 3.05) is 0 Å². The van der Waals surface area contributed by atoms with Gasteiger partial charge in [-0.05, 0) is 36.4 Å². The predicted molar refractivity (Wildman–Crippen MR) is 93.5 cm³/mol. The molecule has 2 heterocycles. The minimum atomic E-state index is -0.0910. The lowest BCUT2D eigenvalue weighted by Crippen LogP contribution is -2.23. The van der Waals surface area contributed by atoms with E-state index in [-0.39, 0.29) is 5.91 Å². The molecular weight excluding hydrogens is 326 g/mol. The first-order valence-corrected chi connectivity index (χ1v) is 9.02. The summed E-state index contributed by atoms with van der Waals surface area (Å²) < 4.78 is 0. The van der Waals surface area contributed by atoms with Crippen molar-refractivity contribution < 1.29 is 4.79 Å². The first kappa shape index (κ1) is 15.7. The molecule has 1 N–H and O–H groups in total. The molecule has 0 saturated heterocycles. The number of hydrogen-bond donors (Lipinski definition) is 1. The number of pyridine rings is 1. The average Bonchev–Trinajstić information content (AvgIpc) is 3.13. The average molecular weight is 341 g/mol. The molecule has 3 rings (SSSR count). The molecule has 2 aromatic heterocycles. The Bertz CT molecular complexity index is 743. The van der Waals surface area contributed by atoms with Crippen LogP contribution in [0.25, 0.3) is 0 Å². The number of hydrogen-bond acceptors (Lipinski definition) is 5. The van der Waals surface area contributed by atoms with Crippen LogP contribution in [0.1, 0.15) is 21.7 Å². The number of rotatable bonds is 6. The van der Waals surface area contributed by atoms with Gasteiger partial charge in [0.25, 0.3) is 5.91 Å². The molecule has 0 saturated carbocycles. The molecule has 4 nitrogen and oxygen atoms in total. The molecule has 0 atom stereocenters. The van der Waals surface area contributed by atoms with Crippen molar-refractivity contribution in [3.05, 3.63) is 76.5 Å². The molecule has 0 spiro atoms. The molecule has 116 valence electrons. The van der Waals surface area contributed by atoms with Gasteiger partial charge in [-0.2, -0.15) is 0 Å². The largest absolute Gasteiger partial charge is 0.346 e. The maximum atomic E-state index is 12.1. The third-order valence-electron chi connectivity index (χ3n) is 3.14. The Kier molecular flexibility index (Phi) is 5.39. The van der Waals surface area contributed by atoms with E-state index in [4.69, 9.17) is 0 Å². The van der Waals surface area contributed by atoms with Crippen LogP contribution in [0, 0.1) is 0 Å². The molecule has 0 fully saturated rings. The molecule has 0 radical (unpaired) electrons. The summed E-state index contributed by atoms with van der Waals surface area (Å²) in [5, 5.41) is 4.92. The lowest BCUT2D eigenvalue weighted by atomic mass is 10.2. The van der Waals surface area contributed by atoms with Crippen molar-refractivity contribution in [1.29, 1.82) is 0 Å². The van der Waals surface area contributed by atoms with Gasteiger partial charge in [0.15, 0.2) is 0 Å². The Morgan fingerprint density at radius 2 is 1.96 bits per heavy atom. The first-order valence-electron chi connectivity index (χ1n) is 7.09. The van der Waals surface area contributed by atoms with Crippen molar-refractivity contribution in [2.45, 2.75) is 17.2 Å². The zero-order valence-electron chi connectivity index (χ0n) is 12.3. The van der Waals surface area contributed by atoms with E-state index in [1.54, 1.807) is 29.3 Å². The fourth-order valence-corrected chi connectivity index (χ4v) is 3.41. The zero-order valence-corrected chi connectivity index (χ0v) is 13.9. The van der Waals surface area contributed by atoms with Crippen molar-refractivity contribution in [2.24, 2.45) is 0 Å². The Morgan fingerprint density at radius 1 is 1.09 bits per heavy atom. The van der Waals surface area contributed by atoms with Gasteiger partial charge in [0.1, 0.15) is 0 Å². The number of benzene rings is 1. The smallest absolute Gasteiger partial charge is 0.251 e. The summed E-state index contributed by atoms with van der Waals surface area (Å²) in [6.45, 7) is 0.431. The second kappa shape index (κ2) is 7.89. The highest BCUT2D eigenvalue weighted by atomic mass is 32.2. The lowest BCUT2D eigenvalue weighted by molar-refractivity contribution is 0.0950. The van der Waals surface area contributed by atoms with Crippen LogP contribution >= 0.6 is 23.1 Å². The highest BCUT2D eigenvalue weighted by Gasteiger charge is 2.06. The molecule has 0 aliphatic heterocycles. The Balaban J connectivity index is 1.53. The van der Waals surface area contributed by atoms with Gasteiger partial charge in [-0.25, -0.2) is 4.98 Å². The molecule has 1 aromatic carbocycles. The monoisotopic (exact) mass is 341 g/mol. The van der Waals surface area contributed by atoms with Gasteiger partial charge in [-0.3, -0.25) is 9.78 Å². The number of thioether (sulfide) groups is 1. The summed E-state index contributed by atoms with van der Waals surface area (Å²) in [7, 11) is 0. The molecule has 0 unspecified atom stereocenters. The van der Waals surface area contributed by atoms with E-state index < -0.39 is 0 Å². The molecule has 0 aliphatic carbocycles. The van der Waals surface area contributed by atoms with Crippen molar-refractivity contribution >= 4 is 29.0 Å². The van der Waals surface area contributed by atoms with Crippen LogP contribution in [0.15, 0.2) is 64.4 Å². The molecule has 23 heavy (non-hydrogen) atoms. The summed E-state index contributed by atoms with van der Waals surface area (Å²) in [5.74, 6) is 0.751. The maximum absolute atomic E-state index is 12.1. The summed E-state index contributed by atoms with van der Waals surface area (Å²) in [6.07, 6.45) is 1.72. The van der Waals surface area contributed by atoms with E-state index >= 15 is 0 Å². The van der Waals surface area contributed by atoms with Crippen LogP contribution in [0.2, 0.25) is 0 Å². The Hall–Kier alpha value is -2.18. The van der Waals surface area contributed by atoms with Crippen molar-refractivity contribution in [3.8, 4) is 0 Å². The second-order valence-corrected chi connectivity index (χ2v) is 6.56. The number of amides is 1. The normalized spacial score (nSPS) is 10.4. The van der Waals surface area contributed by atoms with Gasteiger partial charge < -0.3 is 5.32 Å². The quantitative estimate of drug-likeness (QED) is 0.694. The minimum absolute atomic E-state index is 0.0910. The highest BCUT2D eigenvalue weighted by Crippen LogP contribution is 2.22. The maximum Gasteiger partial charge on any atom is 0.251 e. The number of carbonyl (C=O) groups is 1. The van der Waals surface area contributed by atoms with Crippen LogP contribution in [0.5, 0.6) is 0 Å². The van der Waals surface area contributed by atoms with E-state index in [1.165, 1.54) is 0 Å².